The summed E-state index contributed by atoms with van der Waals surface area (Å²) in [6.45, 7) is 3.87. The van der Waals surface area contributed by atoms with Crippen LogP contribution < -0.4 is 15.2 Å². The Morgan fingerprint density at radius 2 is 1.68 bits per heavy atom. The minimum atomic E-state index is -3.76. The smallest absolute Gasteiger partial charge is 0.308 e. The summed E-state index contributed by atoms with van der Waals surface area (Å²) in [6.07, 6.45) is 1.47. The third-order valence-electron chi connectivity index (χ3n) is 5.64. The van der Waals surface area contributed by atoms with Crippen LogP contribution in [0.15, 0.2) is 72.1 Å². The number of likely N-dealkylation sites (N-methyl/N-ethyl adjacent to an activating group) is 1. The van der Waals surface area contributed by atoms with Crippen LogP contribution >= 0.6 is 34.3 Å². The summed E-state index contributed by atoms with van der Waals surface area (Å²) in [7, 11) is -0.448. The molecule has 0 radical (unpaired) electrons. The molecule has 0 saturated carbocycles. The second-order valence-corrected chi connectivity index (χ2v) is 12.6. The van der Waals surface area contributed by atoms with Crippen molar-refractivity contribution in [3.05, 3.63) is 92.6 Å². The number of nitrogens with one attached hydrogen (secondary N) is 2. The first-order chi connectivity index (χ1) is 19.6. The van der Waals surface area contributed by atoms with Gasteiger partial charge in [0.15, 0.2) is 0 Å². The number of rotatable bonds is 10. The van der Waals surface area contributed by atoms with Crippen LogP contribution in [0.5, 0.6) is 0 Å². The molecular formula is C28H33ClN4O5S3. The lowest BCUT2D eigenvalue weighted by molar-refractivity contribution is -0.144. The van der Waals surface area contributed by atoms with Crippen LogP contribution in [0, 0.1) is 5.92 Å². The summed E-state index contributed by atoms with van der Waals surface area (Å²) >= 11 is 9.10. The minimum absolute atomic E-state index is 0.0567. The van der Waals surface area contributed by atoms with Crippen molar-refractivity contribution in [1.82, 2.24) is 10.3 Å². The summed E-state index contributed by atoms with van der Waals surface area (Å²) in [5.41, 5.74) is 3.58. The van der Waals surface area contributed by atoms with Gasteiger partial charge in [0.2, 0.25) is 0 Å². The molecular weight excluding hydrogens is 604 g/mol. The van der Waals surface area contributed by atoms with Gasteiger partial charge < -0.3 is 14.8 Å². The Bertz CT molecular complexity index is 1460. The number of nitrogens with two attached hydrogens (primary N) is 1. The molecule has 41 heavy (non-hydrogen) atoms. The third kappa shape index (κ3) is 11.7. The molecule has 2 heterocycles. The Kier molecular flexibility index (Phi) is 14.1. The Balaban J connectivity index is 0.000000330. The standard InChI is InChI=1S/C16H17ClN4O2S3.C11H14O2.CH2O/c1-19-12(8-10-2-4-11(5-3-10)21-26(18,22)23)16-20-13(9-24-16)14-6-7-15(17)25-14;1-9(11(12)13-2)8-10-6-4-3-5-7-10;1-2/h2-7,9,12,19,21H,8H2,1H3,(H2,18,22,23);3-7,9H,8H2,1-2H3;1H2. The van der Waals surface area contributed by atoms with E-state index in [1.807, 2.05) is 80.7 Å². The van der Waals surface area contributed by atoms with Gasteiger partial charge in [0.05, 0.1) is 34.0 Å². The normalized spacial score (nSPS) is 12.1. The van der Waals surface area contributed by atoms with E-state index >= 15 is 0 Å². The average Bonchev–Trinajstić information content (AvgIpc) is 3.63. The van der Waals surface area contributed by atoms with Gasteiger partial charge in [-0.15, -0.1) is 22.7 Å². The zero-order chi connectivity index (χ0) is 30.4. The predicted octanol–water partition coefficient (Wildman–Crippen LogP) is 5.50. The van der Waals surface area contributed by atoms with Gasteiger partial charge >= 0.3 is 5.97 Å². The van der Waals surface area contributed by atoms with E-state index < -0.39 is 10.2 Å². The van der Waals surface area contributed by atoms with Crippen molar-refractivity contribution in [2.24, 2.45) is 11.1 Å². The molecule has 0 spiro atoms. The van der Waals surface area contributed by atoms with E-state index in [2.05, 4.69) is 14.8 Å². The molecule has 2 aromatic carbocycles. The summed E-state index contributed by atoms with van der Waals surface area (Å²) in [4.78, 5) is 24.9. The van der Waals surface area contributed by atoms with Crippen molar-refractivity contribution >= 4 is 62.9 Å². The van der Waals surface area contributed by atoms with Crippen molar-refractivity contribution < 1.29 is 22.7 Å². The molecule has 0 amide bonds. The third-order valence-corrected chi connectivity index (χ3v) is 8.37. The van der Waals surface area contributed by atoms with Crippen LogP contribution in [-0.4, -0.2) is 40.3 Å². The number of anilines is 1. The fourth-order valence-corrected chi connectivity index (χ4v) is 6.16. The van der Waals surface area contributed by atoms with Crippen LogP contribution in [0.4, 0.5) is 5.69 Å². The average molecular weight is 637 g/mol. The molecule has 0 aliphatic rings. The molecule has 0 aliphatic heterocycles. The zero-order valence-electron chi connectivity index (χ0n) is 22.9. The highest BCUT2D eigenvalue weighted by Gasteiger charge is 2.16. The number of ether oxygens (including phenoxy) is 1. The van der Waals surface area contributed by atoms with Crippen LogP contribution in [0.3, 0.4) is 0 Å². The molecule has 220 valence electrons. The Morgan fingerprint density at radius 1 is 1.05 bits per heavy atom. The molecule has 0 saturated heterocycles. The lowest BCUT2D eigenvalue weighted by Gasteiger charge is -2.14. The molecule has 2 aromatic heterocycles. The van der Waals surface area contributed by atoms with Gasteiger partial charge in [-0.1, -0.05) is 61.0 Å². The number of esters is 1. The molecule has 4 aromatic rings. The monoisotopic (exact) mass is 636 g/mol. The van der Waals surface area contributed by atoms with Crippen molar-refractivity contribution in [2.75, 3.05) is 18.9 Å². The number of nitrogens with zero attached hydrogens (tertiary/aromatic N) is 1. The van der Waals surface area contributed by atoms with Gasteiger partial charge in [-0.25, -0.2) is 10.1 Å². The van der Waals surface area contributed by atoms with Crippen molar-refractivity contribution in [1.29, 1.82) is 0 Å². The maximum absolute atomic E-state index is 11.1. The van der Waals surface area contributed by atoms with E-state index in [0.717, 1.165) is 38.3 Å². The van der Waals surface area contributed by atoms with Crippen molar-refractivity contribution in [3.63, 3.8) is 0 Å². The van der Waals surface area contributed by atoms with E-state index in [-0.39, 0.29) is 17.9 Å². The lowest BCUT2D eigenvalue weighted by atomic mass is 10.0. The van der Waals surface area contributed by atoms with Crippen LogP contribution in [-0.2, 0) is 37.4 Å². The molecule has 2 unspecified atom stereocenters. The summed E-state index contributed by atoms with van der Waals surface area (Å²) in [6, 6.07) is 20.9. The molecule has 0 aliphatic carbocycles. The number of aromatic nitrogens is 1. The van der Waals surface area contributed by atoms with Gasteiger partial charge in [-0.2, -0.15) is 8.42 Å². The SMILES string of the molecule is C=O.CNC(Cc1ccc(NS(N)(=O)=O)cc1)c1nc(-c2ccc(Cl)s2)cs1.COC(=O)C(C)Cc1ccccc1. The number of halogens is 1. The number of thiazole rings is 1. The van der Waals surface area contributed by atoms with Gasteiger partial charge in [0, 0.05) is 11.1 Å². The van der Waals surface area contributed by atoms with E-state index in [1.165, 1.54) is 24.0 Å². The number of carbonyl (C=O) groups is 2. The maximum Gasteiger partial charge on any atom is 0.308 e. The number of thiophene rings is 1. The van der Waals surface area contributed by atoms with Crippen LogP contribution in [0.2, 0.25) is 4.34 Å². The summed E-state index contributed by atoms with van der Waals surface area (Å²) in [5.74, 6) is -0.212. The highest BCUT2D eigenvalue weighted by molar-refractivity contribution is 7.90. The number of carbonyl (C=O) groups excluding carboxylic acids is 2. The zero-order valence-corrected chi connectivity index (χ0v) is 26.1. The molecule has 4 N–H and O–H groups in total. The maximum atomic E-state index is 11.1. The second-order valence-electron chi connectivity index (χ2n) is 8.68. The van der Waals surface area contributed by atoms with Crippen molar-refractivity contribution in [3.8, 4) is 10.6 Å². The Hall–Kier alpha value is -3.13. The number of benzene rings is 2. The number of hydrogen-bond acceptors (Lipinski definition) is 9. The van der Waals surface area contributed by atoms with E-state index in [4.69, 9.17) is 26.5 Å². The molecule has 13 heteroatoms. The fourth-order valence-electron chi connectivity index (χ4n) is 3.69. The van der Waals surface area contributed by atoms with Gasteiger partial charge in [-0.3, -0.25) is 9.52 Å². The van der Waals surface area contributed by atoms with E-state index in [1.54, 1.807) is 23.5 Å². The van der Waals surface area contributed by atoms with Gasteiger partial charge in [0.1, 0.15) is 11.8 Å². The highest BCUT2D eigenvalue weighted by atomic mass is 35.5. The Labute approximate surface area is 253 Å². The van der Waals surface area contributed by atoms with E-state index in [9.17, 15) is 13.2 Å². The second kappa shape index (κ2) is 17.0. The highest BCUT2D eigenvalue weighted by Crippen LogP contribution is 2.33. The molecule has 2 atom stereocenters. The first-order valence-electron chi connectivity index (χ1n) is 12.3. The Morgan fingerprint density at radius 3 is 2.22 bits per heavy atom. The van der Waals surface area contributed by atoms with E-state index in [0.29, 0.717) is 5.69 Å². The summed E-state index contributed by atoms with van der Waals surface area (Å²) < 4.78 is 29.7. The molecule has 9 nitrogen and oxygen atoms in total. The molecule has 0 fully saturated rings. The van der Waals surface area contributed by atoms with Gasteiger partial charge in [0.25, 0.3) is 10.2 Å². The molecule has 0 bridgehead atoms. The number of methoxy groups -OCH3 is 1. The van der Waals surface area contributed by atoms with Crippen molar-refractivity contribution in [2.45, 2.75) is 25.8 Å². The fraction of sp³-hybridized carbons (Fsp3) is 0.250. The largest absolute Gasteiger partial charge is 0.469 e. The molecule has 4 rings (SSSR count). The minimum Gasteiger partial charge on any atom is -0.469 e. The first kappa shape index (κ1) is 34.1. The quantitative estimate of drug-likeness (QED) is 0.195. The topological polar surface area (TPSA) is 140 Å². The predicted molar refractivity (Wildman–Crippen MR) is 168 cm³/mol. The first-order valence-corrected chi connectivity index (χ1v) is 15.9. The lowest BCUT2D eigenvalue weighted by Crippen LogP contribution is -2.21. The number of hydrogen-bond donors (Lipinski definition) is 3. The van der Waals surface area contributed by atoms with Crippen LogP contribution in [0.1, 0.15) is 29.1 Å². The van der Waals surface area contributed by atoms with Crippen LogP contribution in [0.25, 0.3) is 10.6 Å². The van der Waals surface area contributed by atoms with Gasteiger partial charge in [-0.05, 0) is 55.3 Å². The summed E-state index contributed by atoms with van der Waals surface area (Å²) in [5, 5.41) is 11.3.